The Balaban J connectivity index is 1.25. The number of hydrogen-bond acceptors (Lipinski definition) is 4. The fourth-order valence-corrected chi connectivity index (χ4v) is 4.59. The zero-order valence-electron chi connectivity index (χ0n) is 18.2. The van der Waals surface area contributed by atoms with Crippen LogP contribution in [0.1, 0.15) is 29.9 Å². The van der Waals surface area contributed by atoms with Crippen molar-refractivity contribution in [2.75, 3.05) is 19.6 Å². The van der Waals surface area contributed by atoms with Gasteiger partial charge in [-0.05, 0) is 73.8 Å². The zero-order valence-corrected chi connectivity index (χ0v) is 18.2. The first-order chi connectivity index (χ1) is 15.7. The molecule has 5 nitrogen and oxygen atoms in total. The number of aromatic nitrogens is 4. The molecule has 1 aliphatic rings. The molecule has 1 aliphatic heterocycles. The molecule has 4 heterocycles. The molecular weight excluding hydrogens is 401 g/mol. The molecule has 1 aromatic carbocycles. The van der Waals surface area contributed by atoms with E-state index >= 15 is 0 Å². The highest BCUT2D eigenvalue weighted by Crippen LogP contribution is 2.24. The van der Waals surface area contributed by atoms with Crippen LogP contribution < -0.4 is 0 Å². The summed E-state index contributed by atoms with van der Waals surface area (Å²) in [5.41, 5.74) is 4.05. The average molecular weight is 430 g/mol. The highest BCUT2D eigenvalue weighted by Gasteiger charge is 2.22. The Morgan fingerprint density at radius 2 is 1.72 bits per heavy atom. The molecule has 1 fully saturated rings. The normalized spacial score (nSPS) is 15.4. The molecule has 32 heavy (non-hydrogen) atoms. The first kappa shape index (κ1) is 20.8. The van der Waals surface area contributed by atoms with E-state index in [1.807, 2.05) is 42.7 Å². The van der Waals surface area contributed by atoms with Crippen molar-refractivity contribution < 1.29 is 4.39 Å². The molecule has 164 valence electrons. The van der Waals surface area contributed by atoms with E-state index in [1.54, 1.807) is 0 Å². The summed E-state index contributed by atoms with van der Waals surface area (Å²) in [5, 5.41) is 0. The molecule has 3 aromatic heterocycles. The van der Waals surface area contributed by atoms with Crippen molar-refractivity contribution in [3.63, 3.8) is 0 Å². The van der Waals surface area contributed by atoms with Crippen LogP contribution in [0.5, 0.6) is 0 Å². The van der Waals surface area contributed by atoms with Gasteiger partial charge in [0, 0.05) is 37.5 Å². The third-order valence-electron chi connectivity index (χ3n) is 6.43. The van der Waals surface area contributed by atoms with Gasteiger partial charge in [0.05, 0.1) is 6.54 Å². The Labute approximate surface area is 188 Å². The second-order valence-electron chi connectivity index (χ2n) is 8.65. The lowest BCUT2D eigenvalue weighted by atomic mass is 9.93. The lowest BCUT2D eigenvalue weighted by Crippen LogP contribution is -2.36. The summed E-state index contributed by atoms with van der Waals surface area (Å²) in [5.74, 6) is 1.48. The van der Waals surface area contributed by atoms with Gasteiger partial charge < -0.3 is 9.47 Å². The van der Waals surface area contributed by atoms with Crippen LogP contribution in [0.15, 0.2) is 67.0 Å². The summed E-state index contributed by atoms with van der Waals surface area (Å²) in [6.45, 7) is 3.96. The summed E-state index contributed by atoms with van der Waals surface area (Å²) >= 11 is 0. The van der Waals surface area contributed by atoms with E-state index in [0.717, 1.165) is 60.7 Å². The van der Waals surface area contributed by atoms with Crippen LogP contribution in [0.25, 0.3) is 11.2 Å². The quantitative estimate of drug-likeness (QED) is 0.434. The number of nitrogens with zero attached hydrogens (tertiary/aromatic N) is 5. The van der Waals surface area contributed by atoms with Gasteiger partial charge in [0.2, 0.25) is 0 Å². The van der Waals surface area contributed by atoms with Crippen LogP contribution >= 0.6 is 0 Å². The van der Waals surface area contributed by atoms with Crippen LogP contribution in [0.2, 0.25) is 0 Å². The number of pyridine rings is 2. The summed E-state index contributed by atoms with van der Waals surface area (Å²) in [6, 6.07) is 16.8. The number of likely N-dealkylation sites (tertiary alicyclic amines) is 1. The number of halogens is 1. The second-order valence-corrected chi connectivity index (χ2v) is 8.65. The third-order valence-corrected chi connectivity index (χ3v) is 6.43. The lowest BCUT2D eigenvalue weighted by Gasteiger charge is -2.31. The van der Waals surface area contributed by atoms with E-state index < -0.39 is 0 Å². The Morgan fingerprint density at radius 1 is 0.906 bits per heavy atom. The van der Waals surface area contributed by atoms with Gasteiger partial charge in [-0.2, -0.15) is 0 Å². The minimum Gasteiger partial charge on any atom is -0.308 e. The maximum atomic E-state index is 13.4. The molecule has 0 unspecified atom stereocenters. The molecule has 6 heteroatoms. The Kier molecular flexibility index (Phi) is 6.21. The standard InChI is InChI=1S/C26H28FN5/c27-22-8-6-21(7-9-22)19-32-25(30-24-5-3-14-29-26(24)32)18-20-10-15-31(16-11-20)17-12-23-4-1-2-13-28-23/h1-9,13-14,20H,10-12,15-19H2. The number of fused-ring (bicyclic) bond motifs is 1. The summed E-state index contributed by atoms with van der Waals surface area (Å²) in [7, 11) is 0. The van der Waals surface area contributed by atoms with Crippen molar-refractivity contribution in [3.8, 4) is 0 Å². The van der Waals surface area contributed by atoms with Gasteiger partial charge in [0.1, 0.15) is 17.2 Å². The first-order valence-corrected chi connectivity index (χ1v) is 11.4. The number of piperidine rings is 1. The van der Waals surface area contributed by atoms with Crippen LogP contribution in [0, 0.1) is 11.7 Å². The Bertz CT molecular complexity index is 1150. The SMILES string of the molecule is Fc1ccc(Cn2c(CC3CCN(CCc4ccccn4)CC3)nc3cccnc32)cc1. The summed E-state index contributed by atoms with van der Waals surface area (Å²) in [6.07, 6.45) is 7.99. The van der Waals surface area contributed by atoms with Crippen LogP contribution in [0.3, 0.4) is 0 Å². The van der Waals surface area contributed by atoms with Gasteiger partial charge in [-0.25, -0.2) is 14.4 Å². The number of benzene rings is 1. The fourth-order valence-electron chi connectivity index (χ4n) is 4.59. The van der Waals surface area contributed by atoms with Crippen molar-refractivity contribution in [1.82, 2.24) is 24.4 Å². The van der Waals surface area contributed by atoms with E-state index in [4.69, 9.17) is 4.98 Å². The number of hydrogen-bond donors (Lipinski definition) is 0. The molecule has 1 saturated heterocycles. The highest BCUT2D eigenvalue weighted by molar-refractivity contribution is 5.71. The molecular formula is C26H28FN5. The number of imidazole rings is 1. The number of rotatable bonds is 7. The third kappa shape index (κ3) is 4.86. The maximum absolute atomic E-state index is 13.4. The predicted octanol–water partition coefficient (Wildman–Crippen LogP) is 4.51. The largest absolute Gasteiger partial charge is 0.308 e. The molecule has 4 aromatic rings. The monoisotopic (exact) mass is 429 g/mol. The van der Waals surface area contributed by atoms with Gasteiger partial charge in [-0.15, -0.1) is 0 Å². The zero-order chi connectivity index (χ0) is 21.8. The van der Waals surface area contributed by atoms with E-state index in [9.17, 15) is 4.39 Å². The van der Waals surface area contributed by atoms with Crippen molar-refractivity contribution in [2.45, 2.75) is 32.2 Å². The predicted molar refractivity (Wildman–Crippen MR) is 124 cm³/mol. The molecule has 0 aliphatic carbocycles. The van der Waals surface area contributed by atoms with Crippen molar-refractivity contribution >= 4 is 11.2 Å². The van der Waals surface area contributed by atoms with Crippen LogP contribution in [0.4, 0.5) is 4.39 Å². The smallest absolute Gasteiger partial charge is 0.160 e. The minimum absolute atomic E-state index is 0.211. The van der Waals surface area contributed by atoms with Crippen LogP contribution in [-0.2, 0) is 19.4 Å². The lowest BCUT2D eigenvalue weighted by molar-refractivity contribution is 0.184. The second kappa shape index (κ2) is 9.57. The molecule has 0 atom stereocenters. The van der Waals surface area contributed by atoms with Crippen LogP contribution in [-0.4, -0.2) is 44.1 Å². The average Bonchev–Trinajstić information content (AvgIpc) is 3.17. The van der Waals surface area contributed by atoms with Gasteiger partial charge >= 0.3 is 0 Å². The topological polar surface area (TPSA) is 46.8 Å². The van der Waals surface area contributed by atoms with E-state index in [1.165, 1.54) is 25.0 Å². The highest BCUT2D eigenvalue weighted by atomic mass is 19.1. The summed E-state index contributed by atoms with van der Waals surface area (Å²) in [4.78, 5) is 16.5. The Morgan fingerprint density at radius 3 is 2.50 bits per heavy atom. The molecule has 0 N–H and O–H groups in total. The van der Waals surface area contributed by atoms with Gasteiger partial charge in [0.15, 0.2) is 5.65 Å². The minimum atomic E-state index is -0.211. The maximum Gasteiger partial charge on any atom is 0.160 e. The van der Waals surface area contributed by atoms with E-state index in [0.29, 0.717) is 12.5 Å². The van der Waals surface area contributed by atoms with Gasteiger partial charge in [-0.3, -0.25) is 4.98 Å². The molecule has 5 rings (SSSR count). The van der Waals surface area contributed by atoms with E-state index in [-0.39, 0.29) is 5.82 Å². The molecule has 0 bridgehead atoms. The van der Waals surface area contributed by atoms with Gasteiger partial charge in [0.25, 0.3) is 0 Å². The Hall–Kier alpha value is -3.12. The first-order valence-electron chi connectivity index (χ1n) is 11.4. The van der Waals surface area contributed by atoms with E-state index in [2.05, 4.69) is 31.6 Å². The van der Waals surface area contributed by atoms with Crippen molar-refractivity contribution in [2.24, 2.45) is 5.92 Å². The van der Waals surface area contributed by atoms with Gasteiger partial charge in [-0.1, -0.05) is 18.2 Å². The molecule has 0 spiro atoms. The molecule has 0 amide bonds. The molecule has 0 saturated carbocycles. The fraction of sp³-hybridized carbons (Fsp3) is 0.346. The summed E-state index contributed by atoms with van der Waals surface area (Å²) < 4.78 is 15.6. The van der Waals surface area contributed by atoms with Crippen molar-refractivity contribution in [3.05, 3.63) is 89.9 Å². The molecule has 0 radical (unpaired) electrons. The van der Waals surface area contributed by atoms with Crippen molar-refractivity contribution in [1.29, 1.82) is 0 Å².